The van der Waals surface area contributed by atoms with Gasteiger partial charge in [-0.05, 0) is 48.3 Å². The Kier molecular flexibility index (Phi) is 19.6. The predicted molar refractivity (Wildman–Crippen MR) is 263 cm³/mol. The number of nitrogens with zero attached hydrogens (tertiary/aromatic N) is 4. The molecule has 0 spiro atoms. The average molecular weight is 963 g/mol. The summed E-state index contributed by atoms with van der Waals surface area (Å²) in [5.74, 6) is -8.48. The van der Waals surface area contributed by atoms with Crippen molar-refractivity contribution in [1.29, 1.82) is 0 Å². The summed E-state index contributed by atoms with van der Waals surface area (Å²) in [6.07, 6.45) is 8.06. The van der Waals surface area contributed by atoms with Crippen LogP contribution in [0.15, 0.2) is 79.3 Å². The Morgan fingerprint density at radius 3 is 2.06 bits per heavy atom. The van der Waals surface area contributed by atoms with E-state index in [2.05, 4.69) is 31.2 Å². The summed E-state index contributed by atoms with van der Waals surface area (Å²) in [7, 11) is 3.13. The summed E-state index contributed by atoms with van der Waals surface area (Å²) in [6.45, 7) is 8.65. The number of anilines is 1. The highest BCUT2D eigenvalue weighted by atomic mass is 16.2. The van der Waals surface area contributed by atoms with E-state index >= 15 is 0 Å². The number of Topliss-reactive ketones (excluding diaryl/α,β-unsaturated/α-hetero) is 4. The summed E-state index contributed by atoms with van der Waals surface area (Å²) in [5.41, 5.74) is 0.360. The highest BCUT2D eigenvalue weighted by Crippen LogP contribution is 2.34. The van der Waals surface area contributed by atoms with Crippen LogP contribution >= 0.6 is 0 Å². The van der Waals surface area contributed by atoms with Crippen LogP contribution in [0.2, 0.25) is 0 Å². The van der Waals surface area contributed by atoms with Gasteiger partial charge in [0.15, 0.2) is 11.6 Å². The second kappa shape index (κ2) is 25.3. The van der Waals surface area contributed by atoms with Gasteiger partial charge >= 0.3 is 6.03 Å². The highest BCUT2D eigenvalue weighted by molar-refractivity contribution is 6.38. The molecule has 2 heterocycles. The molecule has 7 atom stereocenters. The molecule has 70 heavy (non-hydrogen) atoms. The van der Waals surface area contributed by atoms with Crippen LogP contribution < -0.4 is 21.3 Å². The van der Waals surface area contributed by atoms with Crippen molar-refractivity contribution in [1.82, 2.24) is 35.7 Å². The molecule has 2 fully saturated rings. The normalized spacial score (nSPS) is 18.2. The van der Waals surface area contributed by atoms with E-state index in [-0.39, 0.29) is 55.7 Å². The van der Waals surface area contributed by atoms with Crippen LogP contribution in [-0.2, 0) is 33.6 Å². The molecule has 5 rings (SSSR count). The van der Waals surface area contributed by atoms with Crippen molar-refractivity contribution in [2.75, 3.05) is 32.5 Å². The quantitative estimate of drug-likeness (QED) is 0.0865. The maximum absolute atomic E-state index is 14.6. The number of likely N-dealkylation sites (N-methyl/N-ethyl adjacent to an activating group) is 1. The molecule has 1 saturated carbocycles. The van der Waals surface area contributed by atoms with Crippen molar-refractivity contribution in [2.24, 2.45) is 35.0 Å². The fourth-order valence-electron chi connectivity index (χ4n) is 9.37. The lowest BCUT2D eigenvalue weighted by Gasteiger charge is -2.34. The van der Waals surface area contributed by atoms with Crippen LogP contribution in [0.4, 0.5) is 10.5 Å². The van der Waals surface area contributed by atoms with Crippen molar-refractivity contribution in [2.45, 2.75) is 117 Å². The Bertz CT molecular complexity index is 2320. The van der Waals surface area contributed by atoms with E-state index in [4.69, 9.17) is 0 Å². The molecule has 6 amide bonds. The van der Waals surface area contributed by atoms with Gasteiger partial charge < -0.3 is 31.1 Å². The Morgan fingerprint density at radius 1 is 0.800 bits per heavy atom. The Balaban J connectivity index is 1.33. The fourth-order valence-corrected chi connectivity index (χ4v) is 9.37. The lowest BCUT2D eigenvalue weighted by Crippen LogP contribution is -2.51. The number of benzene rings is 2. The highest BCUT2D eigenvalue weighted by Gasteiger charge is 2.45. The summed E-state index contributed by atoms with van der Waals surface area (Å²) in [5, 5.41) is 11.5. The van der Waals surface area contributed by atoms with Crippen molar-refractivity contribution in [3.05, 3.63) is 90.5 Å². The number of hydrogen-bond donors (Lipinski definition) is 4. The fraction of sp³-hybridized carbons (Fsp3) is 0.528. The lowest BCUT2D eigenvalue weighted by atomic mass is 9.74. The number of hydrogen-bond acceptors (Lipinski definition) is 11. The average Bonchev–Trinajstić information content (AvgIpc) is 3.77. The number of carbonyl (C=O) groups excluding carboxylic acids is 9. The largest absolute Gasteiger partial charge is 0.351 e. The molecule has 3 aromatic rings. The Labute approximate surface area is 411 Å². The summed E-state index contributed by atoms with van der Waals surface area (Å²) < 4.78 is 0. The van der Waals surface area contributed by atoms with Gasteiger partial charge in [-0.2, -0.15) is 0 Å². The zero-order valence-corrected chi connectivity index (χ0v) is 41.6. The first-order valence-corrected chi connectivity index (χ1v) is 24.5. The third kappa shape index (κ3) is 14.9. The molecule has 1 saturated heterocycles. The van der Waals surface area contributed by atoms with Gasteiger partial charge in [0.25, 0.3) is 5.91 Å². The minimum atomic E-state index is -1.04. The molecular formula is C53H70N8O9. The van der Waals surface area contributed by atoms with Crippen molar-refractivity contribution in [3.8, 4) is 0 Å². The van der Waals surface area contributed by atoms with E-state index in [0.29, 0.717) is 17.7 Å². The second-order valence-electron chi connectivity index (χ2n) is 20.1. The topological polar surface area (TPSA) is 234 Å². The van der Waals surface area contributed by atoms with Gasteiger partial charge in [0.1, 0.15) is 17.5 Å². The van der Waals surface area contributed by atoms with Gasteiger partial charge in [0.05, 0.1) is 24.2 Å². The molecule has 2 aliphatic rings. The van der Waals surface area contributed by atoms with E-state index in [9.17, 15) is 43.2 Å². The zero-order chi connectivity index (χ0) is 51.1. The molecular weight excluding hydrogens is 893 g/mol. The number of rotatable bonds is 22. The van der Waals surface area contributed by atoms with Crippen molar-refractivity contribution in [3.63, 3.8) is 0 Å². The van der Waals surface area contributed by atoms with Crippen molar-refractivity contribution < 1.29 is 43.2 Å². The number of urea groups is 1. The molecule has 1 aromatic heterocycles. The smallest absolute Gasteiger partial charge is 0.321 e. The summed E-state index contributed by atoms with van der Waals surface area (Å²) in [4.78, 5) is 136. The molecule has 1 aliphatic carbocycles. The number of likely N-dealkylation sites (tertiary alicyclic amines) is 1. The predicted octanol–water partition coefficient (Wildman–Crippen LogP) is 5.91. The third-order valence-electron chi connectivity index (χ3n) is 13.5. The maximum Gasteiger partial charge on any atom is 0.321 e. The number of aromatic nitrogens is 2. The number of amides is 6. The molecule has 17 heteroatoms. The van der Waals surface area contributed by atoms with Crippen LogP contribution in [0.1, 0.15) is 121 Å². The van der Waals surface area contributed by atoms with Crippen LogP contribution in [0, 0.1) is 35.0 Å². The first-order valence-electron chi connectivity index (χ1n) is 24.5. The van der Waals surface area contributed by atoms with Crippen LogP contribution in [0.5, 0.6) is 0 Å². The van der Waals surface area contributed by atoms with Gasteiger partial charge in [-0.1, -0.05) is 109 Å². The standard InChI is InChI=1S/C53H70N8O9/c1-8-18-36(47(65)44(64)27-33(2)48(66)59-46(51(69)60(6)7)35-21-14-10-15-22-35)28-42(62)38-31-61(52(70)56-37-23-16-11-17-24-37)32-41(38)57-49(67)39(53(3,4)5)29-43(63)45(34-19-12-9-13-20-34)58-50(68)40-30-54-25-26-55-40/h10-11,14-17,21-26,30,33-34,36,38-39,41,45-46H,8-9,12-13,18-20,27-29,31-32H2,1-7H3,(H,56,70)(H,57,67)(H,58,68)(H,59,66)/t33-,36-,38-,39-,41?,45+,46+/m1/s1. The Morgan fingerprint density at radius 2 is 1.46 bits per heavy atom. The lowest BCUT2D eigenvalue weighted by molar-refractivity contribution is -0.142. The summed E-state index contributed by atoms with van der Waals surface area (Å²) in [6, 6.07) is 14.1. The van der Waals surface area contributed by atoms with Gasteiger partial charge in [-0.3, -0.25) is 43.3 Å². The van der Waals surface area contributed by atoms with E-state index in [0.717, 1.165) is 32.1 Å². The molecule has 2 aromatic carbocycles. The summed E-state index contributed by atoms with van der Waals surface area (Å²) >= 11 is 0. The number of carbonyl (C=O) groups is 9. The minimum Gasteiger partial charge on any atom is -0.351 e. The minimum absolute atomic E-state index is 0.0651. The van der Waals surface area contributed by atoms with E-state index in [1.54, 1.807) is 74.8 Å². The van der Waals surface area contributed by atoms with E-state index in [1.807, 2.05) is 27.7 Å². The monoisotopic (exact) mass is 963 g/mol. The molecule has 0 bridgehead atoms. The van der Waals surface area contributed by atoms with E-state index < -0.39 is 94.7 Å². The molecule has 376 valence electrons. The number of para-hydroxylation sites is 1. The van der Waals surface area contributed by atoms with Gasteiger partial charge in [-0.15, -0.1) is 0 Å². The molecule has 1 unspecified atom stereocenters. The van der Waals surface area contributed by atoms with Gasteiger partial charge in [0.2, 0.25) is 23.5 Å². The second-order valence-corrected chi connectivity index (χ2v) is 20.1. The zero-order valence-electron chi connectivity index (χ0n) is 41.6. The number of nitrogens with one attached hydrogen (secondary N) is 4. The van der Waals surface area contributed by atoms with Gasteiger partial charge in [-0.25, -0.2) is 9.78 Å². The maximum atomic E-state index is 14.6. The first kappa shape index (κ1) is 54.3. The number of ketones is 4. The molecule has 1 aliphatic heterocycles. The van der Waals surface area contributed by atoms with Crippen molar-refractivity contribution >= 4 is 58.5 Å². The van der Waals surface area contributed by atoms with Crippen LogP contribution in [-0.4, -0.2) is 112 Å². The SMILES string of the molecule is CCC[C@H](CC(=O)[C@@H]1CN(C(=O)Nc2ccccc2)CC1NC(=O)[C@@H](CC(=O)[C@@H](NC(=O)c1cnccn1)C1CCCCC1)C(C)(C)C)C(=O)C(=O)C[C@@H](C)C(=O)N[C@H](C(=O)N(C)C)c1ccccc1. The van der Waals surface area contributed by atoms with E-state index in [1.165, 1.54) is 35.3 Å². The molecule has 4 N–H and O–H groups in total. The molecule has 0 radical (unpaired) electrons. The first-order chi connectivity index (χ1) is 33.3. The third-order valence-corrected chi connectivity index (χ3v) is 13.5. The molecule has 17 nitrogen and oxygen atoms in total. The Hall–Kier alpha value is -6.65. The van der Waals surface area contributed by atoms with Crippen LogP contribution in [0.25, 0.3) is 0 Å². The van der Waals surface area contributed by atoms with Gasteiger partial charge in [0, 0.05) is 82.3 Å². The van der Waals surface area contributed by atoms with Crippen LogP contribution in [0.3, 0.4) is 0 Å².